The van der Waals surface area contributed by atoms with Crippen molar-refractivity contribution in [1.29, 1.82) is 5.26 Å². The van der Waals surface area contributed by atoms with Crippen LogP contribution in [0.3, 0.4) is 0 Å². The smallest absolute Gasteiger partial charge is 0.225 e. The number of hydrogen-bond acceptors (Lipinski definition) is 3. The lowest BCUT2D eigenvalue weighted by atomic mass is 9.95. The molecule has 0 bridgehead atoms. The molecule has 2 rings (SSSR count). The van der Waals surface area contributed by atoms with Crippen LogP contribution in [0, 0.1) is 17.2 Å². The first kappa shape index (κ1) is 12.8. The predicted octanol–water partition coefficient (Wildman–Crippen LogP) is 2.42. The van der Waals surface area contributed by atoms with Crippen molar-refractivity contribution < 1.29 is 4.79 Å². The normalized spacial score (nSPS) is 24.6. The maximum absolute atomic E-state index is 12.2. The number of piperidine rings is 1. The van der Waals surface area contributed by atoms with E-state index in [1.807, 2.05) is 11.2 Å². The molecule has 0 aromatic carbocycles. The van der Waals surface area contributed by atoms with E-state index < -0.39 is 0 Å². The van der Waals surface area contributed by atoms with E-state index in [-0.39, 0.29) is 10.7 Å². The molecule has 0 atom stereocenters. The van der Waals surface area contributed by atoms with Gasteiger partial charge < -0.3 is 4.90 Å². The summed E-state index contributed by atoms with van der Waals surface area (Å²) in [7, 11) is 0. The van der Waals surface area contributed by atoms with Crippen LogP contribution in [0.15, 0.2) is 0 Å². The highest BCUT2D eigenvalue weighted by Gasteiger charge is 2.37. The molecule has 0 aromatic heterocycles. The lowest BCUT2D eigenvalue weighted by molar-refractivity contribution is -0.136. The Morgan fingerprint density at radius 1 is 1.35 bits per heavy atom. The monoisotopic (exact) mass is 252 g/mol. The van der Waals surface area contributed by atoms with Gasteiger partial charge in [-0.15, -0.1) is 11.8 Å². The highest BCUT2D eigenvalue weighted by atomic mass is 32.2. The fraction of sp³-hybridized carbons (Fsp3) is 0.846. The summed E-state index contributed by atoms with van der Waals surface area (Å²) in [6.07, 6.45) is 8.20. The van der Waals surface area contributed by atoms with E-state index in [4.69, 9.17) is 0 Å². The molecule has 1 saturated carbocycles. The van der Waals surface area contributed by atoms with E-state index in [1.165, 1.54) is 12.8 Å². The van der Waals surface area contributed by atoms with Crippen molar-refractivity contribution in [3.8, 4) is 6.07 Å². The summed E-state index contributed by atoms with van der Waals surface area (Å²) in [6, 6.07) is 2.42. The van der Waals surface area contributed by atoms with Gasteiger partial charge in [-0.25, -0.2) is 0 Å². The lowest BCUT2D eigenvalue weighted by Gasteiger charge is -2.37. The van der Waals surface area contributed by atoms with Gasteiger partial charge in [0.1, 0.15) is 4.75 Å². The number of carbonyl (C=O) groups excluding carboxylic acids is 1. The van der Waals surface area contributed by atoms with E-state index in [9.17, 15) is 10.1 Å². The van der Waals surface area contributed by atoms with Crippen LogP contribution in [-0.4, -0.2) is 34.9 Å². The molecule has 1 amide bonds. The maximum Gasteiger partial charge on any atom is 0.225 e. The minimum absolute atomic E-state index is 0.244. The first-order valence-electron chi connectivity index (χ1n) is 6.46. The fourth-order valence-corrected chi connectivity index (χ4v) is 3.56. The van der Waals surface area contributed by atoms with Gasteiger partial charge in [0.2, 0.25) is 5.91 Å². The zero-order valence-electron chi connectivity index (χ0n) is 10.4. The Kier molecular flexibility index (Phi) is 3.98. The zero-order valence-corrected chi connectivity index (χ0v) is 11.3. The maximum atomic E-state index is 12.2. The molecule has 1 heterocycles. The number of nitrogens with zero attached hydrogens (tertiary/aromatic N) is 2. The van der Waals surface area contributed by atoms with Gasteiger partial charge in [-0.3, -0.25) is 4.79 Å². The molecule has 94 valence electrons. The molecule has 0 unspecified atom stereocenters. The van der Waals surface area contributed by atoms with E-state index >= 15 is 0 Å². The average Bonchev–Trinajstić information content (AvgIpc) is 2.92. The van der Waals surface area contributed by atoms with Crippen LogP contribution < -0.4 is 0 Å². The van der Waals surface area contributed by atoms with Crippen molar-refractivity contribution >= 4 is 17.7 Å². The number of nitriles is 1. The summed E-state index contributed by atoms with van der Waals surface area (Å²) in [5, 5.41) is 9.20. The minimum atomic E-state index is -0.244. The summed E-state index contributed by atoms with van der Waals surface area (Å²) in [4.78, 5) is 14.2. The molecule has 0 N–H and O–H groups in total. The fourth-order valence-electron chi connectivity index (χ4n) is 2.88. The Morgan fingerprint density at radius 3 is 2.41 bits per heavy atom. The molecule has 0 aromatic rings. The largest absolute Gasteiger partial charge is 0.342 e. The molecule has 2 fully saturated rings. The van der Waals surface area contributed by atoms with Crippen LogP contribution in [0.2, 0.25) is 0 Å². The second-order valence-corrected chi connectivity index (χ2v) is 6.31. The molecule has 1 aliphatic heterocycles. The van der Waals surface area contributed by atoms with Gasteiger partial charge in [-0.2, -0.15) is 5.26 Å². The van der Waals surface area contributed by atoms with Gasteiger partial charge in [-0.1, -0.05) is 12.8 Å². The van der Waals surface area contributed by atoms with Gasteiger partial charge in [-0.05, 0) is 31.9 Å². The highest BCUT2D eigenvalue weighted by Crippen LogP contribution is 2.35. The number of hydrogen-bond donors (Lipinski definition) is 0. The summed E-state index contributed by atoms with van der Waals surface area (Å²) in [5.41, 5.74) is 0. The van der Waals surface area contributed by atoms with Crippen LogP contribution in [-0.2, 0) is 4.79 Å². The van der Waals surface area contributed by atoms with Gasteiger partial charge in [0.25, 0.3) is 0 Å². The van der Waals surface area contributed by atoms with E-state index in [2.05, 4.69) is 6.07 Å². The highest BCUT2D eigenvalue weighted by molar-refractivity contribution is 8.00. The van der Waals surface area contributed by atoms with Crippen molar-refractivity contribution in [3.05, 3.63) is 0 Å². The van der Waals surface area contributed by atoms with Crippen LogP contribution in [0.1, 0.15) is 38.5 Å². The molecule has 1 saturated heterocycles. The Morgan fingerprint density at radius 2 is 1.94 bits per heavy atom. The standard InChI is InChI=1S/C13H20N2OS/c1-17-13(10-14)6-8-15(9-7-13)12(16)11-4-2-3-5-11/h11H,2-9H2,1H3. The third kappa shape index (κ3) is 2.60. The average molecular weight is 252 g/mol. The molecule has 1 aliphatic carbocycles. The summed E-state index contributed by atoms with van der Waals surface area (Å²) >= 11 is 1.64. The first-order valence-corrected chi connectivity index (χ1v) is 7.68. The zero-order chi connectivity index (χ0) is 12.3. The Bertz CT molecular complexity index is 323. The lowest BCUT2D eigenvalue weighted by Crippen LogP contribution is -2.46. The van der Waals surface area contributed by atoms with Crippen LogP contribution in [0.4, 0.5) is 0 Å². The third-order valence-corrected chi connectivity index (χ3v) is 5.46. The minimum Gasteiger partial charge on any atom is -0.342 e. The number of carbonyl (C=O) groups is 1. The molecule has 0 radical (unpaired) electrons. The van der Waals surface area contributed by atoms with Crippen LogP contribution in [0.5, 0.6) is 0 Å². The number of rotatable bonds is 2. The van der Waals surface area contributed by atoms with Gasteiger partial charge in [0.05, 0.1) is 6.07 Å². The third-order valence-electron chi connectivity index (χ3n) is 4.18. The molecular weight excluding hydrogens is 232 g/mol. The second kappa shape index (κ2) is 5.30. The predicted molar refractivity (Wildman–Crippen MR) is 69.6 cm³/mol. The Balaban J connectivity index is 1.90. The first-order chi connectivity index (χ1) is 8.21. The van der Waals surface area contributed by atoms with Crippen molar-refractivity contribution in [2.45, 2.75) is 43.3 Å². The molecule has 0 spiro atoms. The van der Waals surface area contributed by atoms with Crippen molar-refractivity contribution in [1.82, 2.24) is 4.90 Å². The molecule has 3 nitrogen and oxygen atoms in total. The van der Waals surface area contributed by atoms with Crippen molar-refractivity contribution in [2.24, 2.45) is 5.92 Å². The van der Waals surface area contributed by atoms with Crippen molar-refractivity contribution in [2.75, 3.05) is 19.3 Å². The van der Waals surface area contributed by atoms with E-state index in [1.54, 1.807) is 11.8 Å². The topological polar surface area (TPSA) is 44.1 Å². The summed E-state index contributed by atoms with van der Waals surface area (Å²) in [5.74, 6) is 0.619. The summed E-state index contributed by atoms with van der Waals surface area (Å²) < 4.78 is -0.244. The van der Waals surface area contributed by atoms with Gasteiger partial charge in [0.15, 0.2) is 0 Å². The summed E-state index contributed by atoms with van der Waals surface area (Å²) in [6.45, 7) is 1.54. The SMILES string of the molecule is CSC1(C#N)CCN(C(=O)C2CCCC2)CC1. The van der Waals surface area contributed by atoms with E-state index in [0.29, 0.717) is 5.91 Å². The number of thioether (sulfide) groups is 1. The van der Waals surface area contributed by atoms with Crippen LogP contribution >= 0.6 is 11.8 Å². The van der Waals surface area contributed by atoms with Crippen molar-refractivity contribution in [3.63, 3.8) is 0 Å². The van der Waals surface area contributed by atoms with Crippen LogP contribution in [0.25, 0.3) is 0 Å². The number of likely N-dealkylation sites (tertiary alicyclic amines) is 1. The second-order valence-electron chi connectivity index (χ2n) is 5.12. The van der Waals surface area contributed by atoms with Gasteiger partial charge >= 0.3 is 0 Å². The Hall–Kier alpha value is -0.690. The molecule has 17 heavy (non-hydrogen) atoms. The number of amides is 1. The molecule has 4 heteroatoms. The Labute approximate surface area is 108 Å². The molecule has 2 aliphatic rings. The molecular formula is C13H20N2OS. The van der Waals surface area contributed by atoms with E-state index in [0.717, 1.165) is 38.8 Å². The quantitative estimate of drug-likeness (QED) is 0.758. The van der Waals surface area contributed by atoms with Gasteiger partial charge in [0, 0.05) is 19.0 Å².